The maximum atomic E-state index is 2.56. The molecule has 13 rings (SSSR count). The quantitative estimate of drug-likeness (QED) is 0.168. The Labute approximate surface area is 367 Å². The van der Waals surface area contributed by atoms with E-state index in [1.54, 1.807) is 0 Å². The summed E-state index contributed by atoms with van der Waals surface area (Å²) in [6.07, 6.45) is 0. The van der Waals surface area contributed by atoms with Gasteiger partial charge in [-0.05, 0) is 110 Å². The van der Waals surface area contributed by atoms with Gasteiger partial charge in [-0.2, -0.15) is 0 Å². The SMILES string of the molecule is c1ccc(-c2ccc(N(c3cccc4c3C3(c5ccccc5-c5ccccc5-c5ccccc53)c3ccccc3-4)c3cccc4c3c3ccccc3n4-c3ccccc3)cc2)cc1. The smallest absolute Gasteiger partial charge is 0.0746 e. The van der Waals surface area contributed by atoms with Crippen LogP contribution in [0.2, 0.25) is 0 Å². The van der Waals surface area contributed by atoms with E-state index in [1.165, 1.54) is 83.1 Å². The van der Waals surface area contributed by atoms with Crippen molar-refractivity contribution in [3.05, 3.63) is 265 Å². The number of rotatable bonds is 5. The van der Waals surface area contributed by atoms with Gasteiger partial charge < -0.3 is 9.47 Å². The van der Waals surface area contributed by atoms with Crippen LogP contribution in [-0.4, -0.2) is 4.57 Å². The van der Waals surface area contributed by atoms with Gasteiger partial charge in [-0.15, -0.1) is 0 Å². The summed E-state index contributed by atoms with van der Waals surface area (Å²) in [4.78, 5) is 2.56. The molecule has 0 N–H and O–H groups in total. The Morgan fingerprint density at radius 3 is 1.43 bits per heavy atom. The van der Waals surface area contributed by atoms with Gasteiger partial charge in [-0.25, -0.2) is 0 Å². The fourth-order valence-electron chi connectivity index (χ4n) is 11.2. The number of hydrogen-bond donors (Lipinski definition) is 0. The van der Waals surface area contributed by atoms with Crippen LogP contribution < -0.4 is 4.90 Å². The molecule has 0 atom stereocenters. The molecule has 0 radical (unpaired) electrons. The van der Waals surface area contributed by atoms with E-state index in [9.17, 15) is 0 Å². The number of fused-ring (bicyclic) bond motifs is 15. The topological polar surface area (TPSA) is 8.17 Å². The highest BCUT2D eigenvalue weighted by Gasteiger charge is 2.51. The summed E-state index contributed by atoms with van der Waals surface area (Å²) in [5, 5.41) is 2.42. The highest BCUT2D eigenvalue weighted by atomic mass is 15.2. The summed E-state index contributed by atoms with van der Waals surface area (Å²) in [6.45, 7) is 0. The number of hydrogen-bond acceptors (Lipinski definition) is 1. The molecule has 0 saturated carbocycles. The van der Waals surface area contributed by atoms with Gasteiger partial charge in [0.05, 0.1) is 27.8 Å². The van der Waals surface area contributed by atoms with Gasteiger partial charge >= 0.3 is 0 Å². The Morgan fingerprint density at radius 2 is 0.778 bits per heavy atom. The molecule has 0 amide bonds. The summed E-state index contributed by atoms with van der Waals surface area (Å²) >= 11 is 0. The molecule has 0 saturated heterocycles. The summed E-state index contributed by atoms with van der Waals surface area (Å²) in [7, 11) is 0. The van der Waals surface area contributed by atoms with E-state index in [1.807, 2.05) is 0 Å². The first kappa shape index (κ1) is 35.5. The van der Waals surface area contributed by atoms with E-state index in [0.717, 1.165) is 28.3 Å². The van der Waals surface area contributed by atoms with Gasteiger partial charge in [0.1, 0.15) is 0 Å². The van der Waals surface area contributed by atoms with Crippen LogP contribution in [0.5, 0.6) is 0 Å². The predicted octanol–water partition coefficient (Wildman–Crippen LogP) is 15.9. The molecule has 63 heavy (non-hydrogen) atoms. The largest absolute Gasteiger partial charge is 0.309 e. The lowest BCUT2D eigenvalue weighted by Gasteiger charge is -2.39. The molecule has 2 heteroatoms. The summed E-state index contributed by atoms with van der Waals surface area (Å²) in [5.74, 6) is 0. The number of benzene rings is 10. The van der Waals surface area contributed by atoms with Crippen molar-refractivity contribution in [2.75, 3.05) is 4.90 Å². The van der Waals surface area contributed by atoms with Crippen molar-refractivity contribution in [1.82, 2.24) is 4.57 Å². The molecular weight excluding hydrogens is 761 g/mol. The molecule has 2 aliphatic rings. The normalized spacial score (nSPS) is 12.9. The van der Waals surface area contributed by atoms with Gasteiger partial charge in [0.2, 0.25) is 0 Å². The van der Waals surface area contributed by atoms with Crippen LogP contribution in [-0.2, 0) is 5.41 Å². The second kappa shape index (κ2) is 13.9. The molecule has 0 fully saturated rings. The first-order chi connectivity index (χ1) is 31.3. The maximum absolute atomic E-state index is 2.56. The standard InChI is InChI=1S/C61H40N2/c1-3-19-41(20-4-1)42-37-39-44(40-38-42)63(57-35-18-34-56-59(57)51-28-12-16-33-55(51)62(56)43-21-5-2-6-22-43)58-36-17-29-50-49-27-11-15-32-54(49)61(60(50)58)52-30-13-9-25-47(52)45-23-7-8-24-46(45)48-26-10-14-31-53(48)61/h1-40H. The molecule has 1 aromatic heterocycles. The molecule has 0 unspecified atom stereocenters. The molecule has 294 valence electrons. The predicted molar refractivity (Wildman–Crippen MR) is 263 cm³/mol. The van der Waals surface area contributed by atoms with Crippen LogP contribution in [0.4, 0.5) is 17.1 Å². The third kappa shape index (κ3) is 5.07. The number of anilines is 3. The minimum absolute atomic E-state index is 0.664. The van der Waals surface area contributed by atoms with Gasteiger partial charge in [0, 0.05) is 27.7 Å². The second-order valence-corrected chi connectivity index (χ2v) is 16.7. The van der Waals surface area contributed by atoms with Gasteiger partial charge in [-0.1, -0.05) is 194 Å². The Balaban J connectivity index is 1.18. The monoisotopic (exact) mass is 800 g/mol. The second-order valence-electron chi connectivity index (χ2n) is 16.7. The summed E-state index contributed by atoms with van der Waals surface area (Å²) in [6, 6.07) is 89.9. The van der Waals surface area contributed by atoms with Crippen LogP contribution in [0.15, 0.2) is 243 Å². The highest BCUT2D eigenvalue weighted by molar-refractivity contribution is 6.17. The lowest BCUT2D eigenvalue weighted by atomic mass is 9.65. The van der Waals surface area contributed by atoms with Crippen molar-refractivity contribution in [3.8, 4) is 50.2 Å². The van der Waals surface area contributed by atoms with Crippen LogP contribution >= 0.6 is 0 Å². The molecule has 1 spiro atoms. The van der Waals surface area contributed by atoms with E-state index in [2.05, 4.69) is 252 Å². The summed E-state index contributed by atoms with van der Waals surface area (Å²) in [5.41, 5.74) is 21.3. The van der Waals surface area contributed by atoms with Crippen molar-refractivity contribution >= 4 is 38.9 Å². The lowest BCUT2D eigenvalue weighted by Crippen LogP contribution is -2.31. The molecular formula is C61H40N2. The molecule has 0 aliphatic heterocycles. The third-order valence-electron chi connectivity index (χ3n) is 13.6. The van der Waals surface area contributed by atoms with Crippen molar-refractivity contribution in [1.29, 1.82) is 0 Å². The molecule has 2 nitrogen and oxygen atoms in total. The fourth-order valence-corrected chi connectivity index (χ4v) is 11.2. The van der Waals surface area contributed by atoms with Crippen molar-refractivity contribution in [2.45, 2.75) is 5.41 Å². The van der Waals surface area contributed by atoms with Gasteiger partial charge in [0.15, 0.2) is 0 Å². The van der Waals surface area contributed by atoms with Gasteiger partial charge in [0.25, 0.3) is 0 Å². The van der Waals surface area contributed by atoms with E-state index < -0.39 is 5.41 Å². The zero-order chi connectivity index (χ0) is 41.5. The minimum Gasteiger partial charge on any atom is -0.309 e. The molecule has 0 bridgehead atoms. The van der Waals surface area contributed by atoms with E-state index in [0.29, 0.717) is 0 Å². The first-order valence-electron chi connectivity index (χ1n) is 21.9. The Morgan fingerprint density at radius 1 is 0.317 bits per heavy atom. The van der Waals surface area contributed by atoms with Crippen molar-refractivity contribution in [3.63, 3.8) is 0 Å². The average Bonchev–Trinajstić information content (AvgIpc) is 3.83. The number of para-hydroxylation sites is 2. The minimum atomic E-state index is -0.664. The van der Waals surface area contributed by atoms with Crippen LogP contribution in [0.25, 0.3) is 72.0 Å². The van der Waals surface area contributed by atoms with E-state index in [-0.39, 0.29) is 0 Å². The average molecular weight is 801 g/mol. The zero-order valence-electron chi connectivity index (χ0n) is 34.5. The molecule has 1 heterocycles. The van der Waals surface area contributed by atoms with E-state index in [4.69, 9.17) is 0 Å². The van der Waals surface area contributed by atoms with Crippen molar-refractivity contribution in [2.24, 2.45) is 0 Å². The Bertz CT molecular complexity index is 3490. The number of nitrogens with zero attached hydrogens (tertiary/aromatic N) is 2. The first-order valence-corrected chi connectivity index (χ1v) is 21.9. The van der Waals surface area contributed by atoms with E-state index >= 15 is 0 Å². The Kier molecular flexibility index (Phi) is 7.85. The van der Waals surface area contributed by atoms with Crippen LogP contribution in [0.3, 0.4) is 0 Å². The van der Waals surface area contributed by atoms with Gasteiger partial charge in [-0.3, -0.25) is 0 Å². The highest BCUT2D eigenvalue weighted by Crippen LogP contribution is 2.64. The van der Waals surface area contributed by atoms with Crippen LogP contribution in [0.1, 0.15) is 22.3 Å². The Hall–Kier alpha value is -8.20. The molecule has 10 aromatic carbocycles. The van der Waals surface area contributed by atoms with Crippen LogP contribution in [0, 0.1) is 0 Å². The lowest BCUT2D eigenvalue weighted by molar-refractivity contribution is 0.775. The third-order valence-corrected chi connectivity index (χ3v) is 13.6. The number of aromatic nitrogens is 1. The zero-order valence-corrected chi connectivity index (χ0v) is 34.5. The molecule has 2 aliphatic carbocycles. The van der Waals surface area contributed by atoms with Crippen molar-refractivity contribution < 1.29 is 0 Å². The fraction of sp³-hybridized carbons (Fsp3) is 0.0164. The summed E-state index contributed by atoms with van der Waals surface area (Å²) < 4.78 is 2.42. The molecule has 11 aromatic rings. The maximum Gasteiger partial charge on any atom is 0.0746 e.